The molecule has 3 aromatic carbocycles. The van der Waals surface area contributed by atoms with Crippen molar-refractivity contribution in [2.75, 3.05) is 24.5 Å². The van der Waals surface area contributed by atoms with E-state index in [1.165, 1.54) is 5.56 Å². The zero-order valence-corrected chi connectivity index (χ0v) is 15.6. The average Bonchev–Trinajstić information content (AvgIpc) is 3.05. The number of hydrogen-bond acceptors (Lipinski definition) is 2. The van der Waals surface area contributed by atoms with E-state index in [1.807, 2.05) is 36.4 Å². The van der Waals surface area contributed by atoms with Gasteiger partial charge in [-0.2, -0.15) is 0 Å². The number of rotatable bonds is 2. The lowest BCUT2D eigenvalue weighted by Crippen LogP contribution is -2.57. The van der Waals surface area contributed by atoms with Gasteiger partial charge >= 0.3 is 0 Å². The molecule has 27 heavy (non-hydrogen) atoms. The third kappa shape index (κ3) is 2.49. The van der Waals surface area contributed by atoms with Crippen LogP contribution in [0.3, 0.4) is 0 Å². The molecular formula is C23H20ClFN2. The molecule has 5 rings (SSSR count). The molecule has 0 bridgehead atoms. The topological polar surface area (TPSA) is 15.3 Å². The maximum absolute atomic E-state index is 14.8. The molecule has 0 aliphatic carbocycles. The van der Waals surface area contributed by atoms with Crippen LogP contribution in [-0.2, 0) is 12.0 Å². The molecule has 0 spiro atoms. The molecule has 1 atom stereocenters. The van der Waals surface area contributed by atoms with Crippen LogP contribution in [0.2, 0.25) is 5.02 Å². The van der Waals surface area contributed by atoms with Crippen molar-refractivity contribution in [1.29, 1.82) is 0 Å². The Bertz CT molecular complexity index is 990. The van der Waals surface area contributed by atoms with Crippen LogP contribution in [0.15, 0.2) is 66.7 Å². The highest BCUT2D eigenvalue weighted by Gasteiger charge is 2.48. The summed E-state index contributed by atoms with van der Waals surface area (Å²) in [7, 11) is 0. The molecule has 2 aliphatic rings. The maximum Gasteiger partial charge on any atom is 0.144 e. The van der Waals surface area contributed by atoms with Gasteiger partial charge in [-0.1, -0.05) is 72.3 Å². The Balaban J connectivity index is 1.75. The number of fused-ring (bicyclic) bond motifs is 3. The highest BCUT2D eigenvalue weighted by atomic mass is 35.5. The zero-order chi connectivity index (χ0) is 18.4. The fraction of sp³-hybridized carbons (Fsp3) is 0.217. The minimum atomic E-state index is -0.350. The van der Waals surface area contributed by atoms with E-state index in [4.69, 9.17) is 11.6 Å². The Morgan fingerprint density at radius 1 is 1.00 bits per heavy atom. The normalized spacial score (nSPS) is 21.0. The van der Waals surface area contributed by atoms with E-state index in [1.54, 1.807) is 6.07 Å². The van der Waals surface area contributed by atoms with Gasteiger partial charge < -0.3 is 10.2 Å². The Kier molecular flexibility index (Phi) is 3.96. The first kappa shape index (κ1) is 16.8. The van der Waals surface area contributed by atoms with Gasteiger partial charge in [-0.15, -0.1) is 0 Å². The molecule has 2 heterocycles. The van der Waals surface area contributed by atoms with Gasteiger partial charge in [0.2, 0.25) is 0 Å². The van der Waals surface area contributed by atoms with Gasteiger partial charge in [0.1, 0.15) is 5.82 Å². The van der Waals surface area contributed by atoms with Crippen molar-refractivity contribution >= 4 is 17.3 Å². The van der Waals surface area contributed by atoms with Crippen LogP contribution in [0.5, 0.6) is 0 Å². The first-order chi connectivity index (χ1) is 13.2. The summed E-state index contributed by atoms with van der Waals surface area (Å²) in [5.74, 6) is -0.350. The van der Waals surface area contributed by atoms with Gasteiger partial charge in [-0.25, -0.2) is 4.39 Å². The fourth-order valence-electron chi connectivity index (χ4n) is 4.68. The number of anilines is 1. The van der Waals surface area contributed by atoms with Gasteiger partial charge in [0.05, 0.1) is 10.6 Å². The van der Waals surface area contributed by atoms with E-state index in [9.17, 15) is 4.39 Å². The number of benzene rings is 3. The summed E-state index contributed by atoms with van der Waals surface area (Å²) >= 11 is 6.49. The number of nitrogens with one attached hydrogen (secondary N) is 1. The number of piperazine rings is 1. The molecule has 3 aromatic rings. The Morgan fingerprint density at radius 2 is 1.70 bits per heavy atom. The number of halogens is 2. The lowest BCUT2D eigenvalue weighted by Gasteiger charge is -2.45. The summed E-state index contributed by atoms with van der Waals surface area (Å²) in [6.07, 6.45) is 0.809. The van der Waals surface area contributed by atoms with Crippen molar-refractivity contribution in [3.8, 4) is 11.1 Å². The molecule has 0 saturated carbocycles. The molecule has 1 N–H and O–H groups in total. The van der Waals surface area contributed by atoms with Crippen LogP contribution in [0.25, 0.3) is 11.1 Å². The molecule has 4 heteroatoms. The van der Waals surface area contributed by atoms with E-state index in [0.717, 1.165) is 48.4 Å². The number of hydrogen-bond donors (Lipinski definition) is 1. The summed E-state index contributed by atoms with van der Waals surface area (Å²) in [6, 6.07) is 22.1. The smallest absolute Gasteiger partial charge is 0.144 e. The van der Waals surface area contributed by atoms with E-state index in [2.05, 4.69) is 34.5 Å². The minimum absolute atomic E-state index is 0.206. The molecule has 2 nitrogen and oxygen atoms in total. The Morgan fingerprint density at radius 3 is 2.44 bits per heavy atom. The van der Waals surface area contributed by atoms with E-state index >= 15 is 0 Å². The monoisotopic (exact) mass is 378 g/mol. The van der Waals surface area contributed by atoms with E-state index in [0.29, 0.717) is 0 Å². The van der Waals surface area contributed by atoms with Gasteiger partial charge in [0.25, 0.3) is 0 Å². The molecule has 1 saturated heterocycles. The summed E-state index contributed by atoms with van der Waals surface area (Å²) in [5.41, 5.74) is 4.96. The van der Waals surface area contributed by atoms with Crippen molar-refractivity contribution < 1.29 is 4.39 Å². The first-order valence-corrected chi connectivity index (χ1v) is 9.69. The van der Waals surface area contributed by atoms with Crippen LogP contribution in [0.1, 0.15) is 11.1 Å². The lowest BCUT2D eigenvalue weighted by molar-refractivity contribution is 0.350. The third-order valence-electron chi connectivity index (χ3n) is 5.88. The fourth-order valence-corrected chi connectivity index (χ4v) is 4.96. The van der Waals surface area contributed by atoms with Crippen LogP contribution in [-0.4, -0.2) is 19.6 Å². The standard InChI is InChI=1S/C23H20ClFN2/c24-22-19(25)13-20-18(21(22)16-7-3-1-4-8-16)14-23(15-26-11-12-27(20)23)17-9-5-2-6-10-17/h1-10,13,26H,11-12,14-15H2. The van der Waals surface area contributed by atoms with Gasteiger partial charge in [-0.05, 0) is 22.8 Å². The number of nitrogens with zero attached hydrogens (tertiary/aromatic N) is 1. The second-order valence-electron chi connectivity index (χ2n) is 7.31. The highest BCUT2D eigenvalue weighted by molar-refractivity contribution is 6.34. The zero-order valence-electron chi connectivity index (χ0n) is 14.9. The van der Waals surface area contributed by atoms with Crippen molar-refractivity contribution in [3.05, 3.63) is 88.7 Å². The van der Waals surface area contributed by atoms with Gasteiger partial charge in [0.15, 0.2) is 0 Å². The molecule has 1 unspecified atom stereocenters. The summed E-state index contributed by atoms with van der Waals surface area (Å²) in [5, 5.41) is 3.77. The van der Waals surface area contributed by atoms with Crippen LogP contribution < -0.4 is 10.2 Å². The lowest BCUT2D eigenvalue weighted by atomic mass is 9.83. The third-order valence-corrected chi connectivity index (χ3v) is 6.25. The molecule has 0 aromatic heterocycles. The first-order valence-electron chi connectivity index (χ1n) is 9.31. The molecule has 0 radical (unpaired) electrons. The quantitative estimate of drug-likeness (QED) is 0.674. The van der Waals surface area contributed by atoms with Crippen molar-refractivity contribution in [1.82, 2.24) is 5.32 Å². The van der Waals surface area contributed by atoms with Crippen LogP contribution in [0, 0.1) is 5.82 Å². The Hall–Kier alpha value is -2.36. The predicted molar refractivity (Wildman–Crippen MR) is 109 cm³/mol. The van der Waals surface area contributed by atoms with Crippen molar-refractivity contribution in [2.24, 2.45) is 0 Å². The second-order valence-corrected chi connectivity index (χ2v) is 7.69. The second kappa shape index (κ2) is 6.36. The predicted octanol–water partition coefficient (Wildman–Crippen LogP) is 5.01. The van der Waals surface area contributed by atoms with Crippen molar-refractivity contribution in [3.63, 3.8) is 0 Å². The van der Waals surface area contributed by atoms with Gasteiger partial charge in [0, 0.05) is 37.3 Å². The maximum atomic E-state index is 14.8. The van der Waals surface area contributed by atoms with E-state index in [-0.39, 0.29) is 16.4 Å². The molecule has 1 fully saturated rings. The van der Waals surface area contributed by atoms with Gasteiger partial charge in [-0.3, -0.25) is 0 Å². The summed E-state index contributed by atoms with van der Waals surface area (Å²) < 4.78 is 14.8. The van der Waals surface area contributed by atoms with Crippen LogP contribution in [0.4, 0.5) is 10.1 Å². The average molecular weight is 379 g/mol. The molecule has 2 aliphatic heterocycles. The van der Waals surface area contributed by atoms with Crippen molar-refractivity contribution in [2.45, 2.75) is 12.0 Å². The SMILES string of the molecule is Fc1cc2c(c(-c3ccccc3)c1Cl)CC1(c3ccccc3)CNCCN21. The van der Waals surface area contributed by atoms with Crippen LogP contribution >= 0.6 is 11.6 Å². The molecule has 0 amide bonds. The summed E-state index contributed by atoms with van der Waals surface area (Å²) in [6.45, 7) is 2.56. The minimum Gasteiger partial charge on any atom is -0.359 e. The highest BCUT2D eigenvalue weighted by Crippen LogP contribution is 2.51. The summed E-state index contributed by atoms with van der Waals surface area (Å²) in [4.78, 5) is 2.38. The molecule has 136 valence electrons. The largest absolute Gasteiger partial charge is 0.359 e. The molecular weight excluding hydrogens is 359 g/mol. The van der Waals surface area contributed by atoms with E-state index < -0.39 is 0 Å². The Labute approximate surface area is 163 Å².